The molecule has 0 radical (unpaired) electrons. The average molecular weight is 496 g/mol. The Bertz CT molecular complexity index is 1300. The number of carbonyl (C=O) groups is 3. The molecule has 0 heterocycles. The lowest BCUT2D eigenvalue weighted by molar-refractivity contribution is -0.129. The molecule has 0 aliphatic rings. The standard InChI is InChI=1S/C25H25N3O6S/c1-3-28(20-14-8-5-9-15-20)35(32,33)21-16-10-13-19(17-21)24(30)34-22(18-11-6-4-7-12-18)23(29)27-25(31)26-2/h4-17,22H,3H2,1-2H3,(H2,26,27,29,31)/t22-/m1/s1. The van der Waals surface area contributed by atoms with Crippen LogP contribution in [0.4, 0.5) is 10.5 Å². The molecule has 0 saturated carbocycles. The van der Waals surface area contributed by atoms with Gasteiger partial charge in [-0.25, -0.2) is 18.0 Å². The molecule has 182 valence electrons. The molecule has 0 aromatic heterocycles. The average Bonchev–Trinajstić information content (AvgIpc) is 2.88. The third-order valence-electron chi connectivity index (χ3n) is 5.02. The molecular formula is C25H25N3O6S. The molecule has 3 amide bonds. The first kappa shape index (κ1) is 25.4. The molecule has 0 unspecified atom stereocenters. The maximum atomic E-state index is 13.3. The molecule has 0 saturated heterocycles. The number of anilines is 1. The van der Waals surface area contributed by atoms with Crippen LogP contribution in [-0.4, -0.2) is 39.9 Å². The number of ether oxygens (including phenoxy) is 1. The van der Waals surface area contributed by atoms with Gasteiger partial charge in [0.05, 0.1) is 16.1 Å². The minimum atomic E-state index is -3.98. The summed E-state index contributed by atoms with van der Waals surface area (Å²) in [6.07, 6.45) is -1.43. The summed E-state index contributed by atoms with van der Waals surface area (Å²) in [5, 5.41) is 4.35. The van der Waals surface area contributed by atoms with Crippen LogP contribution < -0.4 is 14.9 Å². The van der Waals surface area contributed by atoms with Gasteiger partial charge in [-0.1, -0.05) is 54.6 Å². The highest BCUT2D eigenvalue weighted by Crippen LogP contribution is 2.25. The first-order chi connectivity index (χ1) is 16.8. The van der Waals surface area contributed by atoms with Gasteiger partial charge in [-0.15, -0.1) is 0 Å². The predicted octanol–water partition coefficient (Wildman–Crippen LogP) is 3.26. The maximum absolute atomic E-state index is 13.3. The van der Waals surface area contributed by atoms with Crippen molar-refractivity contribution in [2.24, 2.45) is 0 Å². The van der Waals surface area contributed by atoms with Crippen LogP contribution in [0.15, 0.2) is 89.8 Å². The Kier molecular flexibility index (Phi) is 8.21. The predicted molar refractivity (Wildman–Crippen MR) is 130 cm³/mol. The van der Waals surface area contributed by atoms with Crippen molar-refractivity contribution in [3.63, 3.8) is 0 Å². The highest BCUT2D eigenvalue weighted by atomic mass is 32.2. The molecule has 0 bridgehead atoms. The van der Waals surface area contributed by atoms with Crippen LogP contribution in [-0.2, 0) is 19.6 Å². The van der Waals surface area contributed by atoms with Crippen molar-refractivity contribution in [3.05, 3.63) is 96.1 Å². The number of nitrogens with zero attached hydrogens (tertiary/aromatic N) is 1. The van der Waals surface area contributed by atoms with Gasteiger partial charge in [-0.2, -0.15) is 0 Å². The van der Waals surface area contributed by atoms with Crippen LogP contribution in [0, 0.1) is 0 Å². The Morgan fingerprint density at radius 3 is 2.14 bits per heavy atom. The van der Waals surface area contributed by atoms with Gasteiger partial charge in [0.25, 0.3) is 15.9 Å². The van der Waals surface area contributed by atoms with Gasteiger partial charge in [0, 0.05) is 19.2 Å². The molecule has 1 atom stereocenters. The number of hydrogen-bond acceptors (Lipinski definition) is 6. The second-order valence-corrected chi connectivity index (χ2v) is 9.16. The van der Waals surface area contributed by atoms with Gasteiger partial charge in [-0.3, -0.25) is 14.4 Å². The Balaban J connectivity index is 1.90. The lowest BCUT2D eigenvalue weighted by Gasteiger charge is -2.23. The number of sulfonamides is 1. The van der Waals surface area contributed by atoms with E-state index in [1.807, 2.05) is 0 Å². The van der Waals surface area contributed by atoms with Crippen LogP contribution in [0.1, 0.15) is 28.9 Å². The second-order valence-electron chi connectivity index (χ2n) is 7.30. The van der Waals surface area contributed by atoms with E-state index in [0.717, 1.165) is 0 Å². The summed E-state index contributed by atoms with van der Waals surface area (Å²) in [6, 6.07) is 21.4. The zero-order chi connectivity index (χ0) is 25.4. The summed E-state index contributed by atoms with van der Waals surface area (Å²) in [5.41, 5.74) is 0.758. The molecule has 35 heavy (non-hydrogen) atoms. The highest BCUT2D eigenvalue weighted by molar-refractivity contribution is 7.92. The molecule has 3 aromatic carbocycles. The van der Waals surface area contributed by atoms with Gasteiger partial charge in [0.1, 0.15) is 0 Å². The fourth-order valence-electron chi connectivity index (χ4n) is 3.31. The highest BCUT2D eigenvalue weighted by Gasteiger charge is 2.28. The number of amides is 3. The minimum Gasteiger partial charge on any atom is -0.444 e. The number of urea groups is 1. The smallest absolute Gasteiger partial charge is 0.339 e. The summed E-state index contributed by atoms with van der Waals surface area (Å²) in [7, 11) is -2.64. The second kappa shape index (κ2) is 11.3. The van der Waals surface area contributed by atoms with E-state index in [4.69, 9.17) is 4.74 Å². The topological polar surface area (TPSA) is 122 Å². The molecule has 10 heteroatoms. The van der Waals surface area contributed by atoms with Crippen LogP contribution in [0.25, 0.3) is 0 Å². The first-order valence-corrected chi connectivity index (χ1v) is 12.2. The molecule has 3 rings (SSSR count). The van der Waals surface area contributed by atoms with Crippen LogP contribution in [0.5, 0.6) is 0 Å². The quantitative estimate of drug-likeness (QED) is 0.463. The Labute approximate surface area is 203 Å². The Hall–Kier alpha value is -4.18. The summed E-state index contributed by atoms with van der Waals surface area (Å²) in [5.74, 6) is -1.78. The largest absolute Gasteiger partial charge is 0.444 e. The number of nitrogens with one attached hydrogen (secondary N) is 2. The van der Waals surface area contributed by atoms with Crippen LogP contribution in [0.2, 0.25) is 0 Å². The lowest BCUT2D eigenvalue weighted by Crippen LogP contribution is -2.41. The third-order valence-corrected chi connectivity index (χ3v) is 6.92. The summed E-state index contributed by atoms with van der Waals surface area (Å²) in [6.45, 7) is 1.88. The van der Waals surface area contributed by atoms with E-state index in [-0.39, 0.29) is 17.0 Å². The molecule has 2 N–H and O–H groups in total. The van der Waals surface area contributed by atoms with Crippen molar-refractivity contribution in [1.29, 1.82) is 0 Å². The fraction of sp³-hybridized carbons (Fsp3) is 0.160. The van der Waals surface area contributed by atoms with Crippen molar-refractivity contribution < 1.29 is 27.5 Å². The minimum absolute atomic E-state index is 0.0659. The molecule has 0 spiro atoms. The van der Waals surface area contributed by atoms with Crippen LogP contribution in [0.3, 0.4) is 0 Å². The number of esters is 1. The lowest BCUT2D eigenvalue weighted by atomic mass is 10.1. The van der Waals surface area contributed by atoms with E-state index in [1.165, 1.54) is 35.6 Å². The van der Waals surface area contributed by atoms with Crippen molar-refractivity contribution in [1.82, 2.24) is 10.6 Å². The fourth-order valence-corrected chi connectivity index (χ4v) is 4.83. The number of carbonyl (C=O) groups excluding carboxylic acids is 3. The number of rotatable bonds is 8. The van der Waals surface area contributed by atoms with Crippen molar-refractivity contribution in [2.75, 3.05) is 17.9 Å². The van der Waals surface area contributed by atoms with Crippen molar-refractivity contribution in [3.8, 4) is 0 Å². The number of imide groups is 1. The first-order valence-electron chi connectivity index (χ1n) is 10.7. The number of benzene rings is 3. The van der Waals surface area contributed by atoms with Crippen LogP contribution >= 0.6 is 0 Å². The Morgan fingerprint density at radius 1 is 0.914 bits per heavy atom. The molecular weight excluding hydrogens is 470 g/mol. The zero-order valence-corrected chi connectivity index (χ0v) is 20.0. The monoisotopic (exact) mass is 495 g/mol. The van der Waals surface area contributed by atoms with Gasteiger partial charge < -0.3 is 10.1 Å². The SMILES string of the molecule is CCN(c1ccccc1)S(=O)(=O)c1cccc(C(=O)O[C@@H](C(=O)NC(=O)NC)c2ccccc2)c1. The summed E-state index contributed by atoms with van der Waals surface area (Å²) < 4.78 is 33.3. The molecule has 0 fully saturated rings. The summed E-state index contributed by atoms with van der Waals surface area (Å²) in [4.78, 5) is 37.1. The molecule has 0 aliphatic carbocycles. The van der Waals surface area contributed by atoms with Gasteiger partial charge >= 0.3 is 12.0 Å². The normalized spacial score (nSPS) is 11.7. The van der Waals surface area contributed by atoms with Gasteiger partial charge in [0.15, 0.2) is 0 Å². The van der Waals surface area contributed by atoms with Gasteiger partial charge in [0.2, 0.25) is 6.10 Å². The molecule has 3 aromatic rings. The van der Waals surface area contributed by atoms with E-state index in [0.29, 0.717) is 11.3 Å². The van der Waals surface area contributed by atoms with E-state index in [9.17, 15) is 22.8 Å². The molecule has 9 nitrogen and oxygen atoms in total. The van der Waals surface area contributed by atoms with E-state index < -0.39 is 34.0 Å². The van der Waals surface area contributed by atoms with Crippen molar-refractivity contribution >= 4 is 33.6 Å². The summed E-state index contributed by atoms with van der Waals surface area (Å²) >= 11 is 0. The van der Waals surface area contributed by atoms with Crippen molar-refractivity contribution in [2.45, 2.75) is 17.9 Å². The Morgan fingerprint density at radius 2 is 1.54 bits per heavy atom. The third kappa shape index (κ3) is 6.04. The van der Waals surface area contributed by atoms with E-state index >= 15 is 0 Å². The van der Waals surface area contributed by atoms with E-state index in [1.54, 1.807) is 67.6 Å². The maximum Gasteiger partial charge on any atom is 0.339 e. The zero-order valence-electron chi connectivity index (χ0n) is 19.2. The molecule has 0 aliphatic heterocycles. The number of hydrogen-bond donors (Lipinski definition) is 2. The van der Waals surface area contributed by atoms with E-state index in [2.05, 4.69) is 10.6 Å². The van der Waals surface area contributed by atoms with Gasteiger partial charge in [-0.05, 0) is 37.3 Å². The number of para-hydroxylation sites is 1.